The summed E-state index contributed by atoms with van der Waals surface area (Å²) in [6.07, 6.45) is 0. The number of rotatable bonds is 3. The largest absolute Gasteiger partial charge is 0.316 e. The topological polar surface area (TPSA) is 24.1 Å². The predicted molar refractivity (Wildman–Crippen MR) is 59.7 cm³/mol. The zero-order chi connectivity index (χ0) is 9.99. The maximum absolute atomic E-state index is 3.47. The normalized spacial score (nSPS) is 20.5. The number of hydrogen-bond donors (Lipinski definition) is 2. The zero-order valence-electron chi connectivity index (χ0n) is 9.58. The molecule has 2 N–H and O–H groups in total. The molecule has 0 saturated heterocycles. The Morgan fingerprint density at radius 2 is 1.58 bits per heavy atom. The van der Waals surface area contributed by atoms with Gasteiger partial charge in [0, 0.05) is 21.4 Å². The molecule has 0 rings (SSSR count). The van der Waals surface area contributed by atoms with Crippen LogP contribution in [0.5, 0.6) is 0 Å². The van der Waals surface area contributed by atoms with E-state index in [0.29, 0.717) is 11.5 Å². The average Bonchev–Trinajstić information content (AvgIpc) is 1.99. The third kappa shape index (κ3) is 2.09. The fourth-order valence-electron chi connectivity index (χ4n) is 1.53. The van der Waals surface area contributed by atoms with Crippen molar-refractivity contribution in [2.45, 2.75) is 38.9 Å². The van der Waals surface area contributed by atoms with Crippen molar-refractivity contribution in [1.29, 1.82) is 0 Å². The van der Waals surface area contributed by atoms with Crippen LogP contribution in [0.15, 0.2) is 0 Å². The summed E-state index contributed by atoms with van der Waals surface area (Å²) in [7, 11) is 5.24. The van der Waals surface area contributed by atoms with E-state index in [1.165, 1.54) is 0 Å². The first-order chi connectivity index (χ1) is 5.29. The van der Waals surface area contributed by atoms with Gasteiger partial charge in [-0.2, -0.15) is 0 Å². The van der Waals surface area contributed by atoms with Gasteiger partial charge in [0.1, 0.15) is 0 Å². The first-order valence-electron chi connectivity index (χ1n) is 4.65. The van der Waals surface area contributed by atoms with Gasteiger partial charge in [-0.1, -0.05) is 20.8 Å². The van der Waals surface area contributed by atoms with E-state index in [9.17, 15) is 0 Å². The molecular weight excluding hydrogens is 164 g/mol. The van der Waals surface area contributed by atoms with E-state index in [4.69, 9.17) is 0 Å². The van der Waals surface area contributed by atoms with Crippen LogP contribution < -0.4 is 10.6 Å². The Morgan fingerprint density at radius 1 is 1.17 bits per heavy atom. The van der Waals surface area contributed by atoms with Crippen molar-refractivity contribution in [1.82, 2.24) is 10.6 Å². The molecule has 0 bridgehead atoms. The van der Waals surface area contributed by atoms with Crippen molar-refractivity contribution in [3.63, 3.8) is 0 Å². The first kappa shape index (κ1) is 12.1. The molecule has 0 heterocycles. The molecule has 2 unspecified atom stereocenters. The van der Waals surface area contributed by atoms with Crippen LogP contribution in [0.2, 0.25) is 0 Å². The zero-order valence-corrected chi connectivity index (χ0v) is 11.6. The van der Waals surface area contributed by atoms with Crippen LogP contribution in [0.1, 0.15) is 27.7 Å². The molecule has 0 fully saturated rings. The molecule has 0 aliphatic heterocycles. The van der Waals surface area contributed by atoms with E-state index >= 15 is 0 Å². The maximum atomic E-state index is 3.47. The monoisotopic (exact) mass is 188 g/mol. The van der Waals surface area contributed by atoms with E-state index in [-0.39, 0.29) is 5.16 Å². The second-order valence-electron chi connectivity index (χ2n) is 4.71. The van der Waals surface area contributed by atoms with Gasteiger partial charge in [0.25, 0.3) is 0 Å². The van der Waals surface area contributed by atoms with Gasteiger partial charge in [-0.25, -0.2) is 0 Å². The molecule has 3 heteroatoms. The molecule has 0 amide bonds. The van der Waals surface area contributed by atoms with Gasteiger partial charge in [0.05, 0.1) is 0 Å². The third-order valence-electron chi connectivity index (χ3n) is 3.38. The lowest BCUT2D eigenvalue weighted by atomic mass is 9.81. The van der Waals surface area contributed by atoms with E-state index in [0.717, 1.165) is 10.2 Å². The molecule has 74 valence electrons. The van der Waals surface area contributed by atoms with Crippen LogP contribution in [0, 0.1) is 5.41 Å². The van der Waals surface area contributed by atoms with Crippen LogP contribution in [0.3, 0.4) is 0 Å². The molecule has 0 aromatic heterocycles. The molecule has 0 radical (unpaired) electrons. The molecule has 2 nitrogen and oxygen atoms in total. The van der Waals surface area contributed by atoms with Crippen molar-refractivity contribution >= 4 is 10.2 Å². The first-order valence-corrected chi connectivity index (χ1v) is 5.65. The maximum Gasteiger partial charge on any atom is 0.0307 e. The van der Waals surface area contributed by atoms with Crippen molar-refractivity contribution in [3.8, 4) is 0 Å². The lowest BCUT2D eigenvalue weighted by molar-refractivity contribution is 0.192. The van der Waals surface area contributed by atoms with Crippen LogP contribution in [0.4, 0.5) is 0 Å². The van der Waals surface area contributed by atoms with Crippen LogP contribution in [-0.4, -0.2) is 35.5 Å². The van der Waals surface area contributed by atoms with Gasteiger partial charge in [-0.15, -0.1) is 0 Å². The van der Waals surface area contributed by atoms with E-state index in [1.54, 1.807) is 0 Å². The number of likely N-dealkylation sites (N-methyl/N-ethyl adjacent to an activating group) is 2. The Kier molecular flexibility index (Phi) is 3.94. The highest BCUT2D eigenvalue weighted by molar-refractivity contribution is 6.16. The van der Waals surface area contributed by atoms with E-state index in [2.05, 4.69) is 45.4 Å². The summed E-state index contributed by atoms with van der Waals surface area (Å²) in [5.41, 5.74) is 0.316. The molecule has 12 heavy (non-hydrogen) atoms. The fourth-order valence-corrected chi connectivity index (χ4v) is 1.82. The van der Waals surface area contributed by atoms with Gasteiger partial charge >= 0.3 is 0 Å². The Bertz CT molecular complexity index is 142. The lowest BCUT2D eigenvalue weighted by Gasteiger charge is -2.46. The second kappa shape index (κ2) is 3.90. The molecular formula is C9H24N2Si. The summed E-state index contributed by atoms with van der Waals surface area (Å²) in [6, 6.07) is 0.522. The third-order valence-corrected chi connectivity index (χ3v) is 6.24. The van der Waals surface area contributed by atoms with Gasteiger partial charge in [0.2, 0.25) is 0 Å². The van der Waals surface area contributed by atoms with Crippen molar-refractivity contribution < 1.29 is 0 Å². The molecule has 0 aromatic rings. The van der Waals surface area contributed by atoms with Gasteiger partial charge in [0.15, 0.2) is 0 Å². The standard InChI is InChI=1S/C9H24N2Si/c1-7(10-5)9(12,11-6)8(2,3)4/h7,10-11H,1-6,12H3. The highest BCUT2D eigenvalue weighted by Crippen LogP contribution is 2.29. The smallest absolute Gasteiger partial charge is 0.0307 e. The van der Waals surface area contributed by atoms with Gasteiger partial charge in [-0.3, -0.25) is 0 Å². The quantitative estimate of drug-likeness (QED) is 0.606. The van der Waals surface area contributed by atoms with E-state index < -0.39 is 0 Å². The summed E-state index contributed by atoms with van der Waals surface area (Å²) in [5, 5.41) is 7.07. The average molecular weight is 188 g/mol. The SMILES string of the molecule is CNC(C)C([SiH3])(NC)C(C)(C)C. The summed E-state index contributed by atoms with van der Waals surface area (Å²) < 4.78 is 0. The Balaban J connectivity index is 4.67. The Labute approximate surface area is 79.9 Å². The minimum absolute atomic E-state index is 0.266. The predicted octanol–water partition coefficient (Wildman–Crippen LogP) is -0.0785. The van der Waals surface area contributed by atoms with Crippen molar-refractivity contribution in [3.05, 3.63) is 0 Å². The van der Waals surface area contributed by atoms with Crippen molar-refractivity contribution in [2.75, 3.05) is 14.1 Å². The summed E-state index contributed by atoms with van der Waals surface area (Å²) in [6.45, 7) is 9.13. The summed E-state index contributed by atoms with van der Waals surface area (Å²) in [4.78, 5) is 0. The lowest BCUT2D eigenvalue weighted by Crippen LogP contribution is -2.64. The number of nitrogens with one attached hydrogen (secondary N) is 2. The van der Waals surface area contributed by atoms with E-state index in [1.807, 2.05) is 7.05 Å². The van der Waals surface area contributed by atoms with Gasteiger partial charge in [-0.05, 0) is 26.4 Å². The Hall–Kier alpha value is 0.137. The molecule has 0 aliphatic rings. The fraction of sp³-hybridized carbons (Fsp3) is 1.00. The van der Waals surface area contributed by atoms with Crippen LogP contribution in [-0.2, 0) is 0 Å². The molecule has 0 aromatic carbocycles. The van der Waals surface area contributed by atoms with Crippen LogP contribution >= 0.6 is 0 Å². The minimum Gasteiger partial charge on any atom is -0.316 e. The van der Waals surface area contributed by atoms with Crippen LogP contribution in [0.25, 0.3) is 0 Å². The van der Waals surface area contributed by atoms with Crippen molar-refractivity contribution in [2.24, 2.45) is 5.41 Å². The molecule has 2 atom stereocenters. The van der Waals surface area contributed by atoms with Gasteiger partial charge < -0.3 is 10.6 Å². The summed E-state index contributed by atoms with van der Waals surface area (Å²) >= 11 is 0. The molecule has 0 saturated carbocycles. The number of hydrogen-bond acceptors (Lipinski definition) is 2. The highest BCUT2D eigenvalue weighted by atomic mass is 28.1. The molecule has 0 spiro atoms. The highest BCUT2D eigenvalue weighted by Gasteiger charge is 2.39. The summed E-state index contributed by atoms with van der Waals surface area (Å²) in [5.74, 6) is 0. The minimum atomic E-state index is 0.266. The Morgan fingerprint density at radius 3 is 1.67 bits per heavy atom. The molecule has 0 aliphatic carbocycles. The second-order valence-corrected chi connectivity index (χ2v) is 6.29.